The first kappa shape index (κ1) is 14.5. The SMILES string of the molecule is CC=[N+]=CC.O=C([O-])Cc1c[nH]c2ccc(O)cc12. The molecule has 0 saturated heterocycles. The Morgan fingerprint density at radius 2 is 2.11 bits per heavy atom. The molecule has 0 aliphatic rings. The molecule has 2 N–H and O–H groups in total. The van der Waals surface area contributed by atoms with E-state index < -0.39 is 5.97 Å². The zero-order valence-electron chi connectivity index (χ0n) is 10.9. The van der Waals surface area contributed by atoms with Crippen molar-refractivity contribution in [3.63, 3.8) is 0 Å². The summed E-state index contributed by atoms with van der Waals surface area (Å²) in [6.45, 7) is 3.78. The number of aromatic amines is 1. The Hall–Kier alpha value is -2.52. The number of rotatable bonds is 2. The van der Waals surface area contributed by atoms with Crippen LogP contribution in [0.1, 0.15) is 19.4 Å². The Balaban J connectivity index is 0.000000312. The molecule has 0 aliphatic carbocycles. The van der Waals surface area contributed by atoms with Crippen LogP contribution in [0.15, 0.2) is 24.4 Å². The van der Waals surface area contributed by atoms with Gasteiger partial charge in [-0.2, -0.15) is 0 Å². The molecule has 5 heteroatoms. The molecule has 0 amide bonds. The van der Waals surface area contributed by atoms with E-state index in [0.717, 1.165) is 5.52 Å². The summed E-state index contributed by atoms with van der Waals surface area (Å²) in [4.78, 5) is 13.3. The van der Waals surface area contributed by atoms with Crippen LogP contribution in [0.2, 0.25) is 0 Å². The van der Waals surface area contributed by atoms with E-state index in [0.29, 0.717) is 10.9 Å². The van der Waals surface area contributed by atoms with Crippen LogP contribution in [0.4, 0.5) is 0 Å². The number of hydrogen-bond donors (Lipinski definition) is 2. The normalized spacial score (nSPS) is 9.16. The van der Waals surface area contributed by atoms with Crippen molar-refractivity contribution in [3.8, 4) is 5.75 Å². The average Bonchev–Trinajstić information content (AvgIpc) is 2.73. The first-order chi connectivity index (χ1) is 9.08. The maximum absolute atomic E-state index is 10.4. The van der Waals surface area contributed by atoms with E-state index >= 15 is 0 Å². The summed E-state index contributed by atoms with van der Waals surface area (Å²) in [5.41, 5.74) is 1.43. The molecule has 100 valence electrons. The summed E-state index contributed by atoms with van der Waals surface area (Å²) in [6.07, 6.45) is 4.96. The second-order valence-electron chi connectivity index (χ2n) is 3.76. The lowest BCUT2D eigenvalue weighted by Gasteiger charge is -2.00. The average molecular weight is 260 g/mol. The minimum absolute atomic E-state index is 0.122. The molecule has 0 unspecified atom stereocenters. The summed E-state index contributed by atoms with van der Waals surface area (Å²) in [5, 5.41) is 20.4. The number of aliphatic carboxylic acids is 1. The highest BCUT2D eigenvalue weighted by Crippen LogP contribution is 2.22. The van der Waals surface area contributed by atoms with Gasteiger partial charge in [0.2, 0.25) is 0 Å². The van der Waals surface area contributed by atoms with Gasteiger partial charge >= 0.3 is 0 Å². The van der Waals surface area contributed by atoms with Gasteiger partial charge in [0, 0.05) is 43.3 Å². The van der Waals surface area contributed by atoms with Gasteiger partial charge in [-0.15, -0.1) is 4.67 Å². The molecule has 0 saturated carbocycles. The van der Waals surface area contributed by atoms with E-state index in [1.165, 1.54) is 6.07 Å². The zero-order valence-corrected chi connectivity index (χ0v) is 10.9. The number of aromatic nitrogens is 1. The number of H-pyrrole nitrogens is 1. The number of carboxylic acid groups (broad SMARTS) is 1. The van der Waals surface area contributed by atoms with Crippen LogP contribution >= 0.6 is 0 Å². The Kier molecular flexibility index (Phi) is 5.38. The van der Waals surface area contributed by atoms with Crippen LogP contribution in [-0.4, -0.2) is 28.5 Å². The highest BCUT2D eigenvalue weighted by atomic mass is 16.4. The second kappa shape index (κ2) is 7.03. The Labute approximate surface area is 111 Å². The molecule has 0 atom stereocenters. The van der Waals surface area contributed by atoms with E-state index in [-0.39, 0.29) is 12.2 Å². The van der Waals surface area contributed by atoms with E-state index in [1.807, 2.05) is 13.8 Å². The Morgan fingerprint density at radius 3 is 2.63 bits per heavy atom. The third-order valence-electron chi connectivity index (χ3n) is 2.38. The molecule has 0 fully saturated rings. The minimum atomic E-state index is -1.13. The molecule has 0 radical (unpaired) electrons. The number of phenolic OH excluding ortho intramolecular Hbond substituents is 1. The first-order valence-electron chi connectivity index (χ1n) is 5.83. The zero-order chi connectivity index (χ0) is 14.3. The fourth-order valence-electron chi connectivity index (χ4n) is 1.62. The predicted molar refractivity (Wildman–Crippen MR) is 74.3 cm³/mol. The second-order valence-corrected chi connectivity index (χ2v) is 3.76. The maximum Gasteiger partial charge on any atom is 0.265 e. The summed E-state index contributed by atoms with van der Waals surface area (Å²) in [5.74, 6) is -1.01. The van der Waals surface area contributed by atoms with Crippen molar-refractivity contribution in [3.05, 3.63) is 30.0 Å². The lowest BCUT2D eigenvalue weighted by molar-refractivity contribution is -0.304. The monoisotopic (exact) mass is 260 g/mol. The Morgan fingerprint density at radius 1 is 1.42 bits per heavy atom. The highest BCUT2D eigenvalue weighted by Gasteiger charge is 2.04. The molecule has 5 nitrogen and oxygen atoms in total. The smallest absolute Gasteiger partial charge is 0.265 e. The fraction of sp³-hybridized carbons (Fsp3) is 0.214. The van der Waals surface area contributed by atoms with E-state index in [9.17, 15) is 15.0 Å². The van der Waals surface area contributed by atoms with Gasteiger partial charge in [-0.25, -0.2) is 0 Å². The minimum Gasteiger partial charge on any atom is -0.550 e. The van der Waals surface area contributed by atoms with Crippen LogP contribution < -0.4 is 9.77 Å². The first-order valence-corrected chi connectivity index (χ1v) is 5.83. The van der Waals surface area contributed by atoms with Crippen molar-refractivity contribution in [2.24, 2.45) is 0 Å². The Bertz CT molecular complexity index is 617. The summed E-state index contributed by atoms with van der Waals surface area (Å²) < 4.78 is 3.72. The van der Waals surface area contributed by atoms with Gasteiger partial charge in [-0.3, -0.25) is 0 Å². The standard InChI is InChI=1S/C10H9NO3.C4H8N/c12-7-1-2-9-8(4-7)6(5-11-9)3-10(13)14;1-3-5-4-2/h1-2,4-5,11-12H,3H2,(H,13,14);3-4H,1-2H3/q;+1/p-1. The molecule has 1 aromatic heterocycles. The molecule has 1 heterocycles. The highest BCUT2D eigenvalue weighted by molar-refractivity contribution is 5.87. The van der Waals surface area contributed by atoms with Crippen LogP contribution in [0.5, 0.6) is 5.75 Å². The van der Waals surface area contributed by atoms with Gasteiger partial charge in [0.05, 0.1) is 0 Å². The largest absolute Gasteiger partial charge is 0.550 e. The van der Waals surface area contributed by atoms with Crippen LogP contribution in [0.25, 0.3) is 10.9 Å². The molecule has 19 heavy (non-hydrogen) atoms. The molecular weight excluding hydrogens is 244 g/mol. The fourth-order valence-corrected chi connectivity index (χ4v) is 1.62. The van der Waals surface area contributed by atoms with Crippen molar-refractivity contribution in [1.82, 2.24) is 9.65 Å². The lowest BCUT2D eigenvalue weighted by Crippen LogP contribution is -2.24. The van der Waals surface area contributed by atoms with Gasteiger partial charge in [-0.1, -0.05) is 0 Å². The number of aromatic hydroxyl groups is 1. The molecule has 2 aromatic rings. The van der Waals surface area contributed by atoms with Gasteiger partial charge in [-0.05, 0) is 23.8 Å². The van der Waals surface area contributed by atoms with Crippen molar-refractivity contribution in [1.29, 1.82) is 0 Å². The summed E-state index contributed by atoms with van der Waals surface area (Å²) in [7, 11) is 0. The molecular formula is C14H16N2O3. The van der Waals surface area contributed by atoms with Crippen LogP contribution in [0.3, 0.4) is 0 Å². The molecule has 2 rings (SSSR count). The molecule has 1 aromatic carbocycles. The van der Waals surface area contributed by atoms with Gasteiger partial charge in [0.15, 0.2) is 0 Å². The predicted octanol–water partition coefficient (Wildman–Crippen LogP) is 0.401. The number of carboxylic acids is 1. The molecule has 0 bridgehead atoms. The number of nitrogens with one attached hydrogen (secondary N) is 1. The van der Waals surface area contributed by atoms with Gasteiger partial charge < -0.3 is 20.0 Å². The van der Waals surface area contributed by atoms with Gasteiger partial charge in [0.1, 0.15) is 5.75 Å². The third-order valence-corrected chi connectivity index (χ3v) is 2.38. The number of carbonyl (C=O) groups is 1. The third kappa shape index (κ3) is 4.33. The van der Waals surface area contributed by atoms with Crippen molar-refractivity contribution in [2.45, 2.75) is 20.3 Å². The number of benzene rings is 1. The molecule has 0 aliphatic heterocycles. The van der Waals surface area contributed by atoms with E-state index in [4.69, 9.17) is 0 Å². The number of phenols is 1. The lowest BCUT2D eigenvalue weighted by atomic mass is 10.1. The van der Waals surface area contributed by atoms with E-state index in [2.05, 4.69) is 9.65 Å². The van der Waals surface area contributed by atoms with Crippen molar-refractivity contribution in [2.75, 3.05) is 0 Å². The maximum atomic E-state index is 10.4. The van der Waals surface area contributed by atoms with Crippen molar-refractivity contribution < 1.29 is 15.0 Å². The number of hydrogen-bond acceptors (Lipinski definition) is 3. The van der Waals surface area contributed by atoms with Crippen LogP contribution in [-0.2, 0) is 11.2 Å². The summed E-state index contributed by atoms with van der Waals surface area (Å²) >= 11 is 0. The van der Waals surface area contributed by atoms with Gasteiger partial charge in [0.25, 0.3) is 12.4 Å². The topological polar surface area (TPSA) is 90.3 Å². The number of carbonyl (C=O) groups excluding carboxylic acids is 1. The molecule has 0 spiro atoms. The quantitative estimate of drug-likeness (QED) is 0.605. The van der Waals surface area contributed by atoms with Crippen molar-refractivity contribution >= 4 is 29.3 Å². The number of fused-ring (bicyclic) bond motifs is 1. The number of nitrogens with zero attached hydrogens (tertiary/aromatic N) is 1. The van der Waals surface area contributed by atoms with Crippen LogP contribution in [0, 0.1) is 0 Å². The summed E-state index contributed by atoms with van der Waals surface area (Å²) in [6, 6.07) is 4.77. The van der Waals surface area contributed by atoms with E-state index in [1.54, 1.807) is 30.8 Å².